The van der Waals surface area contributed by atoms with E-state index in [0.29, 0.717) is 31.5 Å². The van der Waals surface area contributed by atoms with Crippen molar-refractivity contribution < 1.29 is 14.3 Å². The fourth-order valence-corrected chi connectivity index (χ4v) is 2.52. The highest BCUT2D eigenvalue weighted by atomic mass is 16.5. The van der Waals surface area contributed by atoms with Crippen LogP contribution in [-0.4, -0.2) is 56.7 Å². The number of rotatable bonds is 8. The minimum absolute atomic E-state index is 0.298. The molecule has 0 bridgehead atoms. The molecule has 0 aromatic heterocycles. The maximum atomic E-state index is 11.3. The lowest BCUT2D eigenvalue weighted by Crippen LogP contribution is -2.38. The number of hydrogen-bond acceptors (Lipinski definition) is 4. The zero-order valence-electron chi connectivity index (χ0n) is 11.8. The molecule has 106 valence electrons. The first kappa shape index (κ1) is 15.6. The highest BCUT2D eigenvalue weighted by Crippen LogP contribution is 2.19. The van der Waals surface area contributed by atoms with Gasteiger partial charge < -0.3 is 9.47 Å². The van der Waals surface area contributed by atoms with Crippen molar-refractivity contribution in [1.82, 2.24) is 4.90 Å². The smallest absolute Gasteiger partial charge is 0.131 e. The number of carbonyl (C=O) groups excluding carboxylic acids is 1. The second kappa shape index (κ2) is 9.48. The molecule has 4 nitrogen and oxygen atoms in total. The summed E-state index contributed by atoms with van der Waals surface area (Å²) >= 11 is 0. The van der Waals surface area contributed by atoms with Crippen LogP contribution in [0.25, 0.3) is 0 Å². The minimum atomic E-state index is 0.298. The van der Waals surface area contributed by atoms with Gasteiger partial charge in [-0.15, -0.1) is 0 Å². The highest BCUT2D eigenvalue weighted by molar-refractivity contribution is 5.76. The zero-order valence-corrected chi connectivity index (χ0v) is 11.8. The lowest BCUT2D eigenvalue weighted by Gasteiger charge is -2.29. The monoisotopic (exact) mass is 257 g/mol. The first-order valence-electron chi connectivity index (χ1n) is 7.04. The molecule has 1 aliphatic heterocycles. The molecular weight excluding hydrogens is 230 g/mol. The largest absolute Gasteiger partial charge is 0.382 e. The van der Waals surface area contributed by atoms with Crippen molar-refractivity contribution in [2.24, 2.45) is 0 Å². The Morgan fingerprint density at radius 3 is 2.78 bits per heavy atom. The van der Waals surface area contributed by atoms with E-state index in [9.17, 15) is 4.79 Å². The molecule has 1 heterocycles. The average Bonchev–Trinajstić information content (AvgIpc) is 2.54. The van der Waals surface area contributed by atoms with E-state index in [0.717, 1.165) is 26.1 Å². The molecule has 4 heteroatoms. The van der Waals surface area contributed by atoms with Crippen LogP contribution in [0.3, 0.4) is 0 Å². The molecule has 1 rings (SSSR count). The van der Waals surface area contributed by atoms with E-state index in [4.69, 9.17) is 9.47 Å². The van der Waals surface area contributed by atoms with Crippen LogP contribution < -0.4 is 0 Å². The van der Waals surface area contributed by atoms with Crippen molar-refractivity contribution in [3.8, 4) is 0 Å². The topological polar surface area (TPSA) is 38.8 Å². The predicted molar refractivity (Wildman–Crippen MR) is 71.8 cm³/mol. The molecule has 0 saturated carbocycles. The number of carbonyl (C=O) groups is 1. The Morgan fingerprint density at radius 2 is 2.06 bits per heavy atom. The molecule has 1 aliphatic rings. The first-order chi connectivity index (χ1) is 8.74. The van der Waals surface area contributed by atoms with Gasteiger partial charge in [-0.2, -0.15) is 0 Å². The Kier molecular flexibility index (Phi) is 8.22. The summed E-state index contributed by atoms with van der Waals surface area (Å²) in [6.07, 6.45) is 5.62. The van der Waals surface area contributed by atoms with E-state index in [1.54, 1.807) is 14.0 Å². The fraction of sp³-hybridized carbons (Fsp3) is 0.929. The van der Waals surface area contributed by atoms with Crippen LogP contribution in [0.4, 0.5) is 0 Å². The molecule has 1 unspecified atom stereocenters. The zero-order chi connectivity index (χ0) is 13.2. The summed E-state index contributed by atoms with van der Waals surface area (Å²) in [6.45, 7) is 5.77. The molecule has 0 amide bonds. The summed E-state index contributed by atoms with van der Waals surface area (Å²) in [5.74, 6) is 0.298. The van der Waals surface area contributed by atoms with Crippen LogP contribution in [0.1, 0.15) is 39.0 Å². The molecule has 0 aliphatic carbocycles. The summed E-state index contributed by atoms with van der Waals surface area (Å²) in [5, 5.41) is 0. The van der Waals surface area contributed by atoms with Crippen LogP contribution in [0.15, 0.2) is 0 Å². The van der Waals surface area contributed by atoms with Gasteiger partial charge >= 0.3 is 0 Å². The third kappa shape index (κ3) is 6.47. The maximum absolute atomic E-state index is 11.3. The van der Waals surface area contributed by atoms with Crippen molar-refractivity contribution >= 4 is 5.78 Å². The Hall–Kier alpha value is -0.450. The molecule has 1 fully saturated rings. The van der Waals surface area contributed by atoms with Crippen molar-refractivity contribution in [3.63, 3.8) is 0 Å². The van der Waals surface area contributed by atoms with Gasteiger partial charge in [0.2, 0.25) is 0 Å². The number of methoxy groups -OCH3 is 1. The van der Waals surface area contributed by atoms with E-state index < -0.39 is 0 Å². The number of Topliss-reactive ketones (excluding diaryl/α,β-unsaturated/α-hetero) is 1. The number of ether oxygens (including phenoxy) is 2. The highest BCUT2D eigenvalue weighted by Gasteiger charge is 2.21. The molecule has 1 saturated heterocycles. The molecule has 18 heavy (non-hydrogen) atoms. The second-order valence-electron chi connectivity index (χ2n) is 5.05. The van der Waals surface area contributed by atoms with Crippen LogP contribution in [0.5, 0.6) is 0 Å². The lowest BCUT2D eigenvalue weighted by atomic mass is 10.0. The minimum Gasteiger partial charge on any atom is -0.382 e. The fourth-order valence-electron chi connectivity index (χ4n) is 2.52. The summed E-state index contributed by atoms with van der Waals surface area (Å²) in [5.41, 5.74) is 0. The lowest BCUT2D eigenvalue weighted by molar-refractivity contribution is -0.118. The van der Waals surface area contributed by atoms with Gasteiger partial charge in [0.05, 0.1) is 19.8 Å². The Bertz CT molecular complexity index is 233. The van der Waals surface area contributed by atoms with Gasteiger partial charge in [-0.25, -0.2) is 0 Å². The molecule has 0 aromatic rings. The Labute approximate surface area is 111 Å². The Balaban J connectivity index is 2.29. The van der Waals surface area contributed by atoms with Gasteiger partial charge in [0.1, 0.15) is 5.78 Å². The van der Waals surface area contributed by atoms with Gasteiger partial charge in [0, 0.05) is 26.1 Å². The third-order valence-corrected chi connectivity index (χ3v) is 3.48. The van der Waals surface area contributed by atoms with Gasteiger partial charge in [-0.3, -0.25) is 9.69 Å². The van der Waals surface area contributed by atoms with Crippen molar-refractivity contribution in [2.75, 3.05) is 40.0 Å². The van der Waals surface area contributed by atoms with E-state index in [-0.39, 0.29) is 0 Å². The first-order valence-corrected chi connectivity index (χ1v) is 7.04. The molecule has 0 spiro atoms. The van der Waals surface area contributed by atoms with Crippen molar-refractivity contribution in [3.05, 3.63) is 0 Å². The number of hydrogen-bond donors (Lipinski definition) is 0. The van der Waals surface area contributed by atoms with Crippen LogP contribution in [-0.2, 0) is 14.3 Å². The van der Waals surface area contributed by atoms with Gasteiger partial charge in [0.15, 0.2) is 0 Å². The summed E-state index contributed by atoms with van der Waals surface area (Å²) in [4.78, 5) is 13.7. The summed E-state index contributed by atoms with van der Waals surface area (Å²) in [7, 11) is 1.68. The average molecular weight is 257 g/mol. The van der Waals surface area contributed by atoms with Crippen molar-refractivity contribution in [2.45, 2.75) is 45.1 Å². The molecule has 0 aromatic carbocycles. The normalized spacial score (nSPS) is 21.8. The number of likely N-dealkylation sites (tertiary alicyclic amines) is 1. The molecular formula is C14H27NO3. The van der Waals surface area contributed by atoms with Crippen LogP contribution in [0, 0.1) is 0 Å². The van der Waals surface area contributed by atoms with Gasteiger partial charge in [-0.05, 0) is 26.3 Å². The molecule has 0 radical (unpaired) electrons. The van der Waals surface area contributed by atoms with E-state index in [1.807, 2.05) is 0 Å². The van der Waals surface area contributed by atoms with E-state index in [1.165, 1.54) is 19.3 Å². The summed E-state index contributed by atoms with van der Waals surface area (Å²) < 4.78 is 10.5. The molecule has 0 N–H and O–H groups in total. The van der Waals surface area contributed by atoms with E-state index in [2.05, 4.69) is 4.90 Å². The predicted octanol–water partition coefficient (Wildman–Crippen LogP) is 1.87. The number of ketones is 1. The standard InChI is InChI=1S/C14H27NO3/c1-13(16)12-14-6-4-3-5-7-15(14)8-9-18-11-10-17-2/h14H,3-12H2,1-2H3. The number of nitrogens with zero attached hydrogens (tertiary/aromatic N) is 1. The van der Waals surface area contributed by atoms with Crippen LogP contribution in [0.2, 0.25) is 0 Å². The van der Waals surface area contributed by atoms with Crippen LogP contribution >= 0.6 is 0 Å². The Morgan fingerprint density at radius 1 is 1.22 bits per heavy atom. The quantitative estimate of drug-likeness (QED) is 0.622. The maximum Gasteiger partial charge on any atom is 0.131 e. The SMILES string of the molecule is COCCOCCN1CCCCCC1CC(C)=O. The second-order valence-corrected chi connectivity index (χ2v) is 5.05. The van der Waals surface area contributed by atoms with Gasteiger partial charge in [0.25, 0.3) is 0 Å². The summed E-state index contributed by atoms with van der Waals surface area (Å²) in [6, 6.07) is 0.427. The van der Waals surface area contributed by atoms with Crippen molar-refractivity contribution in [1.29, 1.82) is 0 Å². The van der Waals surface area contributed by atoms with E-state index >= 15 is 0 Å². The third-order valence-electron chi connectivity index (χ3n) is 3.48. The molecule has 1 atom stereocenters. The van der Waals surface area contributed by atoms with Gasteiger partial charge in [-0.1, -0.05) is 12.8 Å².